The summed E-state index contributed by atoms with van der Waals surface area (Å²) in [6, 6.07) is 1.78. The van der Waals surface area contributed by atoms with Crippen LogP contribution in [0.15, 0.2) is 21.5 Å². The van der Waals surface area contributed by atoms with Crippen molar-refractivity contribution >= 4 is 11.1 Å². The topological polar surface area (TPSA) is 77.5 Å². The maximum Gasteiger partial charge on any atom is 0.353 e. The van der Waals surface area contributed by atoms with Crippen LogP contribution in [0, 0.1) is 6.92 Å². The summed E-state index contributed by atoms with van der Waals surface area (Å²) in [6.07, 6.45) is 0.0399. The number of aromatic nitrogens is 2. The molecule has 3 atom stereocenters. The van der Waals surface area contributed by atoms with E-state index in [4.69, 9.17) is 10.5 Å². The number of fused-ring (bicyclic) bond motifs is 1. The number of furan rings is 1. The van der Waals surface area contributed by atoms with Gasteiger partial charge < -0.3 is 14.3 Å². The van der Waals surface area contributed by atoms with Crippen molar-refractivity contribution in [2.24, 2.45) is 0 Å². The predicted molar refractivity (Wildman–Crippen MR) is 63.2 cm³/mol. The molecule has 1 aliphatic rings. The van der Waals surface area contributed by atoms with Crippen molar-refractivity contribution in [3.8, 4) is 0 Å². The van der Waals surface area contributed by atoms with E-state index in [0.29, 0.717) is 16.9 Å². The highest BCUT2D eigenvalue weighted by molar-refractivity contribution is 5.72. The number of hydrogen-bond acceptors (Lipinski definition) is 5. The molecular weight excluding hydrogens is 236 g/mol. The number of aryl methyl sites for hydroxylation is 1. The monoisotopic (exact) mass is 251 g/mol. The van der Waals surface area contributed by atoms with E-state index in [0.717, 1.165) is 0 Å². The average Bonchev–Trinajstić information content (AvgIpc) is 2.89. The molecule has 0 aromatic carbocycles. The van der Waals surface area contributed by atoms with Gasteiger partial charge in [0.2, 0.25) is 5.71 Å². The first-order valence-electron chi connectivity index (χ1n) is 6.41. The minimum absolute atomic E-state index is 0.0348. The van der Waals surface area contributed by atoms with E-state index in [-0.39, 0.29) is 13.3 Å². The van der Waals surface area contributed by atoms with Crippen LogP contribution in [-0.2, 0) is 4.74 Å². The molecule has 2 aromatic heterocycles. The predicted octanol–water partition coefficient (Wildman–Crippen LogP) is 0.966. The van der Waals surface area contributed by atoms with Crippen LogP contribution in [0.5, 0.6) is 0 Å². The van der Waals surface area contributed by atoms with Gasteiger partial charge in [-0.15, -0.1) is 0 Å². The lowest BCUT2D eigenvalue weighted by molar-refractivity contribution is -0.00984. The largest absolute Gasteiger partial charge is 0.443 e. The van der Waals surface area contributed by atoms with Gasteiger partial charge in [0, 0.05) is 14.0 Å². The van der Waals surface area contributed by atoms with Gasteiger partial charge in [-0.2, -0.15) is 4.98 Å². The lowest BCUT2D eigenvalue weighted by Gasteiger charge is -2.12. The van der Waals surface area contributed by atoms with Gasteiger partial charge in [0.1, 0.15) is 12.0 Å². The summed E-state index contributed by atoms with van der Waals surface area (Å²) in [5.74, 6) is 0.677. The first kappa shape index (κ1) is 10.3. The number of aliphatic hydroxyl groups excluding tert-OH is 1. The third-order valence-corrected chi connectivity index (χ3v) is 3.07. The molecule has 1 unspecified atom stereocenters. The molecule has 0 saturated carbocycles. The molecule has 2 aromatic rings. The lowest BCUT2D eigenvalue weighted by atomic mass is 10.2. The number of aliphatic hydroxyl groups is 1. The Hall–Kier alpha value is -1.66. The molecule has 0 bridgehead atoms. The normalized spacial score (nSPS) is 28.8. The number of hydrogen-bond donors (Lipinski definition) is 1. The summed E-state index contributed by atoms with van der Waals surface area (Å²) < 4.78 is 19.4. The Labute approximate surface area is 104 Å². The number of ether oxygens (including phenoxy) is 1. The second-order valence-corrected chi connectivity index (χ2v) is 4.48. The van der Waals surface area contributed by atoms with Gasteiger partial charge in [-0.1, -0.05) is 0 Å². The highest BCUT2D eigenvalue weighted by atomic mass is 16.5. The molecule has 0 spiro atoms. The smallest absolute Gasteiger partial charge is 0.353 e. The van der Waals surface area contributed by atoms with Gasteiger partial charge >= 0.3 is 5.69 Å². The molecule has 1 aliphatic heterocycles. The van der Waals surface area contributed by atoms with Gasteiger partial charge in [-0.3, -0.25) is 4.57 Å². The molecule has 0 radical (unpaired) electrons. The molecule has 1 saturated heterocycles. The fourth-order valence-corrected chi connectivity index (χ4v) is 2.14. The van der Waals surface area contributed by atoms with E-state index in [1.165, 1.54) is 4.57 Å². The van der Waals surface area contributed by atoms with Crippen molar-refractivity contribution in [1.29, 1.82) is 0 Å². The van der Waals surface area contributed by atoms with E-state index < -0.39 is 24.1 Å². The summed E-state index contributed by atoms with van der Waals surface area (Å²) in [4.78, 5) is 15.8. The van der Waals surface area contributed by atoms with Crippen LogP contribution >= 0.6 is 0 Å². The van der Waals surface area contributed by atoms with Crippen LogP contribution in [0.4, 0.5) is 0 Å². The maximum atomic E-state index is 11.9. The van der Waals surface area contributed by atoms with Crippen molar-refractivity contribution in [3.05, 3.63) is 28.5 Å². The van der Waals surface area contributed by atoms with Crippen LogP contribution in [0.1, 0.15) is 26.7 Å². The highest BCUT2D eigenvalue weighted by Crippen LogP contribution is 2.28. The molecule has 18 heavy (non-hydrogen) atoms. The van der Waals surface area contributed by atoms with E-state index >= 15 is 0 Å². The molecule has 1 fully saturated rings. The van der Waals surface area contributed by atoms with Crippen molar-refractivity contribution in [2.45, 2.75) is 38.7 Å². The Bertz CT molecular complexity index is 665. The van der Waals surface area contributed by atoms with Gasteiger partial charge in [0.25, 0.3) is 0 Å². The Balaban J connectivity index is 2.01. The summed E-state index contributed by atoms with van der Waals surface area (Å²) in [5, 5.41) is 10.4. The molecule has 1 N–H and O–H groups in total. The highest BCUT2D eigenvalue weighted by Gasteiger charge is 2.32. The summed E-state index contributed by atoms with van der Waals surface area (Å²) in [6.45, 7) is 1.75. The maximum absolute atomic E-state index is 11.9. The second-order valence-electron chi connectivity index (χ2n) is 4.48. The van der Waals surface area contributed by atoms with E-state index in [1.807, 2.05) is 0 Å². The third kappa shape index (κ3) is 1.74. The van der Waals surface area contributed by atoms with Gasteiger partial charge in [0.05, 0.1) is 17.6 Å². The zero-order chi connectivity index (χ0) is 13.6. The minimum atomic E-state index is -0.726. The number of rotatable bonds is 1. The van der Waals surface area contributed by atoms with Crippen molar-refractivity contribution in [2.75, 3.05) is 0 Å². The van der Waals surface area contributed by atoms with Crippen molar-refractivity contribution < 1.29 is 15.6 Å². The molecule has 0 amide bonds. The SMILES string of the molecule is [2H]C[C@H]1O[C@@H](n2cc3cc(C)oc3nc2=O)CC1O. The Morgan fingerprint density at radius 3 is 3.22 bits per heavy atom. The summed E-state index contributed by atoms with van der Waals surface area (Å²) in [5.41, 5.74) is -0.181. The fraction of sp³-hybridized carbons (Fsp3) is 0.500. The first-order chi connectivity index (χ1) is 9.08. The molecule has 96 valence electrons. The Morgan fingerprint density at radius 1 is 1.67 bits per heavy atom. The second kappa shape index (κ2) is 3.93. The van der Waals surface area contributed by atoms with Crippen molar-refractivity contribution in [1.82, 2.24) is 9.55 Å². The van der Waals surface area contributed by atoms with Gasteiger partial charge in [0.15, 0.2) is 0 Å². The molecular formula is C12H14N2O4. The average molecular weight is 251 g/mol. The Kier molecular flexibility index (Phi) is 2.24. The van der Waals surface area contributed by atoms with Gasteiger partial charge in [-0.05, 0) is 19.9 Å². The van der Waals surface area contributed by atoms with E-state index in [9.17, 15) is 9.90 Å². The lowest BCUT2D eigenvalue weighted by Crippen LogP contribution is -2.26. The zero-order valence-corrected chi connectivity index (χ0v) is 9.87. The zero-order valence-electron chi connectivity index (χ0n) is 10.9. The van der Waals surface area contributed by atoms with Crippen LogP contribution in [-0.4, -0.2) is 26.9 Å². The van der Waals surface area contributed by atoms with Crippen LogP contribution < -0.4 is 5.69 Å². The molecule has 3 heterocycles. The first-order valence-corrected chi connectivity index (χ1v) is 5.70. The minimum Gasteiger partial charge on any atom is -0.443 e. The third-order valence-electron chi connectivity index (χ3n) is 3.07. The molecule has 6 nitrogen and oxygen atoms in total. The van der Waals surface area contributed by atoms with Gasteiger partial charge in [-0.25, -0.2) is 4.79 Å². The quantitative estimate of drug-likeness (QED) is 0.817. The van der Waals surface area contributed by atoms with E-state index in [1.54, 1.807) is 19.2 Å². The van der Waals surface area contributed by atoms with Crippen molar-refractivity contribution in [3.63, 3.8) is 0 Å². The summed E-state index contributed by atoms with van der Waals surface area (Å²) in [7, 11) is 0. The molecule has 6 heteroatoms. The molecule has 3 rings (SSSR count). The standard InChI is InChI=1S/C12H14N2O4/c1-6-3-8-5-14(12(16)13-11(8)17-6)10-4-9(15)7(2)18-10/h3,5,7,9-10,15H,4H2,1-2H3/t7-,9?,10-/m1/s1/i2D. The Morgan fingerprint density at radius 2 is 2.50 bits per heavy atom. The molecule has 0 aliphatic carbocycles. The number of nitrogens with zero attached hydrogens (tertiary/aromatic N) is 2. The van der Waals surface area contributed by atoms with E-state index in [2.05, 4.69) is 4.98 Å². The summed E-state index contributed by atoms with van der Waals surface area (Å²) >= 11 is 0. The fourth-order valence-electron chi connectivity index (χ4n) is 2.14. The van der Waals surface area contributed by atoms with Crippen LogP contribution in [0.25, 0.3) is 11.1 Å². The van der Waals surface area contributed by atoms with Crippen LogP contribution in [0.2, 0.25) is 0 Å². The van der Waals surface area contributed by atoms with Crippen LogP contribution in [0.3, 0.4) is 0 Å².